The van der Waals surface area contributed by atoms with E-state index in [0.29, 0.717) is 43.8 Å². The lowest BCUT2D eigenvalue weighted by molar-refractivity contribution is -0.154. The predicted octanol–water partition coefficient (Wildman–Crippen LogP) is 3.79. The molecule has 31 heavy (non-hydrogen) atoms. The number of piperidine rings is 1. The third kappa shape index (κ3) is 4.90. The van der Waals surface area contributed by atoms with Crippen LogP contribution in [0.3, 0.4) is 0 Å². The molecule has 162 valence electrons. The van der Waals surface area contributed by atoms with E-state index in [0.717, 1.165) is 11.3 Å². The van der Waals surface area contributed by atoms with Gasteiger partial charge in [-0.2, -0.15) is 0 Å². The van der Waals surface area contributed by atoms with Crippen molar-refractivity contribution in [1.82, 2.24) is 4.90 Å². The molecule has 1 aliphatic carbocycles. The molecule has 2 aromatic rings. The number of esters is 1. The number of amides is 2. The van der Waals surface area contributed by atoms with E-state index < -0.39 is 5.41 Å². The number of anilines is 1. The molecular weight excluding hydrogens is 416 g/mol. The van der Waals surface area contributed by atoms with Crippen molar-refractivity contribution in [3.63, 3.8) is 0 Å². The molecule has 7 heteroatoms. The Bertz CT molecular complexity index is 949. The molecule has 0 atom stereocenters. The summed E-state index contributed by atoms with van der Waals surface area (Å²) in [5, 5.41) is 3.53. The number of ether oxygens (including phenoxy) is 1. The second-order valence-electron chi connectivity index (χ2n) is 8.18. The highest BCUT2D eigenvalue weighted by Crippen LogP contribution is 2.49. The van der Waals surface area contributed by atoms with E-state index in [-0.39, 0.29) is 30.3 Å². The van der Waals surface area contributed by atoms with Gasteiger partial charge in [-0.15, -0.1) is 0 Å². The highest BCUT2D eigenvalue weighted by atomic mass is 35.5. The zero-order valence-corrected chi connectivity index (χ0v) is 17.9. The monoisotopic (exact) mass is 440 g/mol. The van der Waals surface area contributed by atoms with Crippen LogP contribution in [0.5, 0.6) is 0 Å². The van der Waals surface area contributed by atoms with Crippen LogP contribution < -0.4 is 5.32 Å². The molecule has 1 saturated heterocycles. The van der Waals surface area contributed by atoms with Gasteiger partial charge in [-0.1, -0.05) is 41.9 Å². The van der Waals surface area contributed by atoms with Gasteiger partial charge in [0.2, 0.25) is 5.91 Å². The average molecular weight is 441 g/mol. The van der Waals surface area contributed by atoms with Crippen molar-refractivity contribution in [3.8, 4) is 0 Å². The Kier molecular flexibility index (Phi) is 6.28. The van der Waals surface area contributed by atoms with E-state index >= 15 is 0 Å². The van der Waals surface area contributed by atoms with E-state index in [1.54, 1.807) is 17.0 Å². The largest absolute Gasteiger partial charge is 0.455 e. The number of halogens is 1. The maximum Gasteiger partial charge on any atom is 0.317 e. The Morgan fingerprint density at radius 2 is 1.65 bits per heavy atom. The maximum atomic E-state index is 12.6. The fourth-order valence-electron chi connectivity index (χ4n) is 4.02. The molecule has 2 aromatic carbocycles. The van der Waals surface area contributed by atoms with Crippen LogP contribution in [0.15, 0.2) is 54.6 Å². The van der Waals surface area contributed by atoms with Crippen molar-refractivity contribution in [2.24, 2.45) is 5.92 Å². The summed E-state index contributed by atoms with van der Waals surface area (Å²) in [5.74, 6) is -0.739. The molecule has 0 unspecified atom stereocenters. The number of nitrogens with zero attached hydrogens (tertiary/aromatic N) is 1. The molecule has 0 radical (unpaired) electrons. The molecule has 1 aliphatic heterocycles. The number of carbonyl (C=O) groups is 3. The van der Waals surface area contributed by atoms with E-state index in [9.17, 15) is 14.4 Å². The van der Waals surface area contributed by atoms with Gasteiger partial charge in [-0.3, -0.25) is 14.4 Å². The van der Waals surface area contributed by atoms with Crippen molar-refractivity contribution in [2.45, 2.75) is 31.1 Å². The van der Waals surface area contributed by atoms with Gasteiger partial charge >= 0.3 is 5.97 Å². The number of hydrogen-bond acceptors (Lipinski definition) is 4. The first kappa shape index (κ1) is 21.4. The molecule has 0 bridgehead atoms. The molecule has 1 saturated carbocycles. The summed E-state index contributed by atoms with van der Waals surface area (Å²) in [4.78, 5) is 39.3. The number of nitrogens with one attached hydrogen (secondary N) is 1. The summed E-state index contributed by atoms with van der Waals surface area (Å²) in [6.07, 6.45) is 2.60. The average Bonchev–Trinajstić information content (AvgIpc) is 3.60. The van der Waals surface area contributed by atoms with Gasteiger partial charge in [-0.05, 0) is 55.5 Å². The lowest BCUT2D eigenvalue weighted by Crippen LogP contribution is -2.43. The second-order valence-corrected chi connectivity index (χ2v) is 8.61. The zero-order chi connectivity index (χ0) is 21.8. The second kappa shape index (κ2) is 9.10. The third-order valence-electron chi connectivity index (χ3n) is 6.12. The Morgan fingerprint density at radius 1 is 1.00 bits per heavy atom. The fourth-order valence-corrected chi connectivity index (χ4v) is 4.14. The molecule has 4 rings (SSSR count). The lowest BCUT2D eigenvalue weighted by Gasteiger charge is -2.31. The van der Waals surface area contributed by atoms with E-state index in [1.165, 1.54) is 0 Å². The normalized spacial score (nSPS) is 17.6. The van der Waals surface area contributed by atoms with Gasteiger partial charge in [0, 0.05) is 29.7 Å². The summed E-state index contributed by atoms with van der Waals surface area (Å²) in [5.41, 5.74) is 1.00. The van der Waals surface area contributed by atoms with Crippen molar-refractivity contribution in [2.75, 3.05) is 25.0 Å². The minimum Gasteiger partial charge on any atom is -0.455 e. The maximum absolute atomic E-state index is 12.6. The molecule has 1 N–H and O–H groups in total. The topological polar surface area (TPSA) is 75.7 Å². The molecule has 2 amide bonds. The Labute approximate surface area is 186 Å². The van der Waals surface area contributed by atoms with E-state index in [1.807, 2.05) is 42.5 Å². The van der Waals surface area contributed by atoms with E-state index in [2.05, 4.69) is 5.32 Å². The summed E-state index contributed by atoms with van der Waals surface area (Å²) >= 11 is 5.93. The molecule has 0 spiro atoms. The summed E-state index contributed by atoms with van der Waals surface area (Å²) in [7, 11) is 0. The van der Waals surface area contributed by atoms with Gasteiger partial charge in [0.15, 0.2) is 6.61 Å². The lowest BCUT2D eigenvalue weighted by atomic mass is 9.95. The molecule has 0 aromatic heterocycles. The number of hydrogen-bond donors (Lipinski definition) is 1. The van der Waals surface area contributed by atoms with Crippen molar-refractivity contribution in [1.29, 1.82) is 0 Å². The number of carbonyl (C=O) groups excluding carboxylic acids is 3. The molecule has 2 aliphatic rings. The SMILES string of the molecule is O=C(Nc1ccccc1)C1CCN(C(=O)COC(=O)C2(c3ccc(Cl)cc3)CC2)CC1. The van der Waals surface area contributed by atoms with Crippen LogP contribution in [0.2, 0.25) is 5.02 Å². The first-order chi connectivity index (χ1) is 15.0. The number of likely N-dealkylation sites (tertiary alicyclic amines) is 1. The quantitative estimate of drug-likeness (QED) is 0.693. The molecule has 1 heterocycles. The minimum atomic E-state index is -0.645. The van der Waals surface area contributed by atoms with Gasteiger partial charge in [-0.25, -0.2) is 0 Å². The Hall–Kier alpha value is -2.86. The smallest absolute Gasteiger partial charge is 0.317 e. The van der Waals surface area contributed by atoms with Gasteiger partial charge in [0.1, 0.15) is 0 Å². The van der Waals surface area contributed by atoms with Crippen LogP contribution in [-0.2, 0) is 24.5 Å². The number of benzene rings is 2. The van der Waals surface area contributed by atoms with Gasteiger partial charge < -0.3 is 15.0 Å². The van der Waals surface area contributed by atoms with Crippen molar-refractivity contribution in [3.05, 3.63) is 65.2 Å². The third-order valence-corrected chi connectivity index (χ3v) is 6.38. The van der Waals surface area contributed by atoms with Crippen LogP contribution in [0.1, 0.15) is 31.2 Å². The molecule has 2 fully saturated rings. The van der Waals surface area contributed by atoms with Crippen LogP contribution >= 0.6 is 11.6 Å². The summed E-state index contributed by atoms with van der Waals surface area (Å²) < 4.78 is 5.38. The predicted molar refractivity (Wildman–Crippen MR) is 118 cm³/mol. The molecular formula is C24H25ClN2O4. The number of rotatable bonds is 6. The first-order valence-electron chi connectivity index (χ1n) is 10.5. The van der Waals surface area contributed by atoms with Crippen molar-refractivity contribution < 1.29 is 19.1 Å². The minimum absolute atomic E-state index is 0.0247. The summed E-state index contributed by atoms with van der Waals surface area (Å²) in [6, 6.07) is 16.5. The molecule has 6 nitrogen and oxygen atoms in total. The van der Waals surface area contributed by atoms with Crippen LogP contribution in [0, 0.1) is 5.92 Å². The van der Waals surface area contributed by atoms with Gasteiger partial charge in [0.05, 0.1) is 5.41 Å². The summed E-state index contributed by atoms with van der Waals surface area (Å²) in [6.45, 7) is 0.687. The van der Waals surface area contributed by atoms with Crippen LogP contribution in [-0.4, -0.2) is 42.4 Å². The fraction of sp³-hybridized carbons (Fsp3) is 0.375. The zero-order valence-electron chi connectivity index (χ0n) is 17.2. The standard InChI is InChI=1S/C24H25ClN2O4/c25-19-8-6-18(7-9-19)24(12-13-24)23(30)31-16-21(28)27-14-10-17(11-15-27)22(29)26-20-4-2-1-3-5-20/h1-9,17H,10-16H2,(H,26,29). The first-order valence-corrected chi connectivity index (χ1v) is 10.9. The number of para-hydroxylation sites is 1. The highest BCUT2D eigenvalue weighted by Gasteiger charge is 2.53. The highest BCUT2D eigenvalue weighted by molar-refractivity contribution is 6.30. The Morgan fingerprint density at radius 3 is 2.26 bits per heavy atom. The van der Waals surface area contributed by atoms with Crippen molar-refractivity contribution >= 4 is 35.1 Å². The van der Waals surface area contributed by atoms with Crippen LogP contribution in [0.25, 0.3) is 0 Å². The van der Waals surface area contributed by atoms with E-state index in [4.69, 9.17) is 16.3 Å². The Balaban J connectivity index is 1.23. The van der Waals surface area contributed by atoms with Gasteiger partial charge in [0.25, 0.3) is 5.91 Å². The van der Waals surface area contributed by atoms with Crippen LogP contribution in [0.4, 0.5) is 5.69 Å².